The van der Waals surface area contributed by atoms with E-state index >= 15 is 0 Å². The second kappa shape index (κ2) is 7.40. The molecule has 1 aromatic heterocycles. The van der Waals surface area contributed by atoms with Crippen molar-refractivity contribution >= 4 is 12.0 Å². The largest absolute Gasteiger partial charge is 0.481 e. The van der Waals surface area contributed by atoms with Gasteiger partial charge in [0.25, 0.3) is 0 Å². The minimum absolute atomic E-state index is 0.0594. The van der Waals surface area contributed by atoms with Gasteiger partial charge in [0, 0.05) is 24.2 Å². The first kappa shape index (κ1) is 15.0. The lowest BCUT2D eigenvalue weighted by Gasteiger charge is -2.17. The molecule has 0 fully saturated rings. The second-order valence-corrected chi connectivity index (χ2v) is 4.56. The number of hydrogen-bond acceptors (Lipinski definition) is 3. The van der Waals surface area contributed by atoms with Gasteiger partial charge in [0.05, 0.1) is 12.2 Å². The molecule has 0 saturated carbocycles. The Bertz CT molecular complexity index is 405. The summed E-state index contributed by atoms with van der Waals surface area (Å²) in [6.07, 6.45) is 4.69. The van der Waals surface area contributed by atoms with E-state index in [0.29, 0.717) is 12.8 Å². The molecule has 1 aromatic rings. The van der Waals surface area contributed by atoms with Crippen LogP contribution in [0, 0.1) is 0 Å². The minimum Gasteiger partial charge on any atom is -0.481 e. The molecular weight excluding hydrogens is 248 g/mol. The number of aliphatic carboxylic acids is 1. The minimum atomic E-state index is -0.815. The fourth-order valence-electron chi connectivity index (χ4n) is 1.67. The van der Waals surface area contributed by atoms with Gasteiger partial charge in [-0.05, 0) is 26.7 Å². The number of amides is 2. The Morgan fingerprint density at radius 1 is 1.42 bits per heavy atom. The predicted molar refractivity (Wildman–Crippen MR) is 69.6 cm³/mol. The van der Waals surface area contributed by atoms with Crippen molar-refractivity contribution in [3.05, 3.63) is 18.0 Å². The molecule has 19 heavy (non-hydrogen) atoms. The molecule has 7 nitrogen and oxygen atoms in total. The van der Waals surface area contributed by atoms with Crippen molar-refractivity contribution in [2.75, 3.05) is 0 Å². The average molecular weight is 268 g/mol. The van der Waals surface area contributed by atoms with Gasteiger partial charge >= 0.3 is 12.0 Å². The maximum absolute atomic E-state index is 11.7. The zero-order chi connectivity index (χ0) is 14.3. The number of urea groups is 1. The second-order valence-electron chi connectivity index (χ2n) is 4.56. The van der Waals surface area contributed by atoms with Gasteiger partial charge < -0.3 is 15.7 Å². The molecule has 4 N–H and O–H groups in total. The highest BCUT2D eigenvalue weighted by Gasteiger charge is 2.12. The first-order valence-electron chi connectivity index (χ1n) is 6.26. The van der Waals surface area contributed by atoms with Gasteiger partial charge in [0.2, 0.25) is 0 Å². The van der Waals surface area contributed by atoms with Crippen LogP contribution >= 0.6 is 0 Å². The fourth-order valence-corrected chi connectivity index (χ4v) is 1.67. The summed E-state index contributed by atoms with van der Waals surface area (Å²) in [7, 11) is 0. The zero-order valence-electron chi connectivity index (χ0n) is 11.1. The Kier molecular flexibility index (Phi) is 5.84. The monoisotopic (exact) mass is 268 g/mol. The standard InChI is InChI=1S/C12H20N4O3/c1-8(4-3-5-11(17)18)15-12(19)16-9(2)10-6-13-14-7-10/h6-9H,3-5H2,1-2H3,(H,13,14)(H,17,18)(H2,15,16,19). The number of carboxylic acid groups (broad SMARTS) is 1. The number of H-pyrrole nitrogens is 1. The third-order valence-corrected chi connectivity index (χ3v) is 2.77. The van der Waals surface area contributed by atoms with Gasteiger partial charge in [0.15, 0.2) is 0 Å². The number of carboxylic acids is 1. The molecule has 1 rings (SSSR count). The number of rotatable bonds is 7. The quantitative estimate of drug-likeness (QED) is 0.599. The number of carbonyl (C=O) groups excluding carboxylic acids is 1. The van der Waals surface area contributed by atoms with E-state index in [1.54, 1.807) is 12.4 Å². The Balaban J connectivity index is 2.24. The molecule has 0 aliphatic carbocycles. The molecule has 0 saturated heterocycles. The van der Waals surface area contributed by atoms with Crippen molar-refractivity contribution in [2.24, 2.45) is 0 Å². The van der Waals surface area contributed by atoms with Crippen molar-refractivity contribution in [1.82, 2.24) is 20.8 Å². The van der Waals surface area contributed by atoms with E-state index in [1.165, 1.54) is 0 Å². The summed E-state index contributed by atoms with van der Waals surface area (Å²) in [6.45, 7) is 3.71. The Hall–Kier alpha value is -2.05. The number of aromatic nitrogens is 2. The highest BCUT2D eigenvalue weighted by Crippen LogP contribution is 2.08. The van der Waals surface area contributed by atoms with Crippen LogP contribution in [0.25, 0.3) is 0 Å². The van der Waals surface area contributed by atoms with E-state index in [0.717, 1.165) is 5.56 Å². The van der Waals surface area contributed by atoms with Crippen LogP contribution in [0.3, 0.4) is 0 Å². The van der Waals surface area contributed by atoms with Gasteiger partial charge in [-0.1, -0.05) is 0 Å². The molecule has 0 aliphatic rings. The van der Waals surface area contributed by atoms with E-state index in [-0.39, 0.29) is 24.5 Å². The molecule has 0 bridgehead atoms. The van der Waals surface area contributed by atoms with E-state index in [4.69, 9.17) is 5.11 Å². The molecule has 0 aromatic carbocycles. The maximum Gasteiger partial charge on any atom is 0.315 e. The van der Waals surface area contributed by atoms with E-state index < -0.39 is 5.97 Å². The molecule has 106 valence electrons. The first-order chi connectivity index (χ1) is 8.99. The van der Waals surface area contributed by atoms with Crippen LogP contribution in [0.2, 0.25) is 0 Å². The van der Waals surface area contributed by atoms with Crippen molar-refractivity contribution < 1.29 is 14.7 Å². The number of carbonyl (C=O) groups is 2. The first-order valence-corrected chi connectivity index (χ1v) is 6.26. The summed E-state index contributed by atoms with van der Waals surface area (Å²) in [5, 5.41) is 20.6. The van der Waals surface area contributed by atoms with Gasteiger partial charge in [-0.15, -0.1) is 0 Å². The van der Waals surface area contributed by atoms with Crippen LogP contribution < -0.4 is 10.6 Å². The topological polar surface area (TPSA) is 107 Å². The highest BCUT2D eigenvalue weighted by molar-refractivity contribution is 5.74. The van der Waals surface area contributed by atoms with Crippen molar-refractivity contribution in [2.45, 2.75) is 45.2 Å². The Morgan fingerprint density at radius 2 is 2.16 bits per heavy atom. The summed E-state index contributed by atoms with van der Waals surface area (Å²) in [5.41, 5.74) is 0.897. The molecule has 1 heterocycles. The molecule has 0 spiro atoms. The molecule has 2 atom stereocenters. The van der Waals surface area contributed by atoms with Gasteiger partial charge in [0.1, 0.15) is 0 Å². The average Bonchev–Trinajstić information content (AvgIpc) is 2.81. The van der Waals surface area contributed by atoms with Crippen LogP contribution in [0.4, 0.5) is 4.79 Å². The van der Waals surface area contributed by atoms with E-state index in [1.807, 2.05) is 13.8 Å². The lowest BCUT2D eigenvalue weighted by Crippen LogP contribution is -2.41. The fraction of sp³-hybridized carbons (Fsp3) is 0.583. The van der Waals surface area contributed by atoms with Crippen molar-refractivity contribution in [3.8, 4) is 0 Å². The maximum atomic E-state index is 11.7. The summed E-state index contributed by atoms with van der Waals surface area (Å²) in [4.78, 5) is 22.1. The summed E-state index contributed by atoms with van der Waals surface area (Å²) in [5.74, 6) is -0.815. The molecule has 2 amide bonds. The van der Waals surface area contributed by atoms with Crippen LogP contribution in [0.15, 0.2) is 12.4 Å². The summed E-state index contributed by atoms with van der Waals surface area (Å²) in [6, 6.07) is -0.461. The number of aromatic amines is 1. The van der Waals surface area contributed by atoms with Crippen molar-refractivity contribution in [3.63, 3.8) is 0 Å². The normalized spacial score (nSPS) is 13.6. The van der Waals surface area contributed by atoms with Gasteiger partial charge in [-0.3, -0.25) is 9.89 Å². The third-order valence-electron chi connectivity index (χ3n) is 2.77. The number of nitrogens with one attached hydrogen (secondary N) is 3. The van der Waals surface area contributed by atoms with Crippen LogP contribution in [0.5, 0.6) is 0 Å². The van der Waals surface area contributed by atoms with E-state index in [2.05, 4.69) is 20.8 Å². The summed E-state index contributed by atoms with van der Waals surface area (Å²) < 4.78 is 0. The number of hydrogen-bond donors (Lipinski definition) is 4. The smallest absolute Gasteiger partial charge is 0.315 e. The van der Waals surface area contributed by atoms with Crippen molar-refractivity contribution in [1.29, 1.82) is 0 Å². The zero-order valence-corrected chi connectivity index (χ0v) is 11.1. The molecule has 0 aliphatic heterocycles. The predicted octanol–water partition coefficient (Wildman–Crippen LogP) is 1.41. The number of nitrogens with zero attached hydrogens (tertiary/aromatic N) is 1. The van der Waals surface area contributed by atoms with Gasteiger partial charge in [-0.25, -0.2) is 4.79 Å². The molecule has 7 heteroatoms. The SMILES string of the molecule is CC(CCCC(=O)O)NC(=O)NC(C)c1cn[nH]c1. The van der Waals surface area contributed by atoms with Crippen LogP contribution in [0.1, 0.15) is 44.7 Å². The van der Waals surface area contributed by atoms with Gasteiger partial charge in [-0.2, -0.15) is 5.10 Å². The van der Waals surface area contributed by atoms with Crippen LogP contribution in [-0.2, 0) is 4.79 Å². The lowest BCUT2D eigenvalue weighted by molar-refractivity contribution is -0.137. The molecule has 2 unspecified atom stereocenters. The lowest BCUT2D eigenvalue weighted by atomic mass is 10.1. The highest BCUT2D eigenvalue weighted by atomic mass is 16.4. The van der Waals surface area contributed by atoms with Crippen LogP contribution in [-0.4, -0.2) is 33.3 Å². The Labute approximate surface area is 111 Å². The molecular formula is C12H20N4O3. The van der Waals surface area contributed by atoms with E-state index in [9.17, 15) is 9.59 Å². The Morgan fingerprint density at radius 3 is 2.74 bits per heavy atom. The molecule has 0 radical (unpaired) electrons. The third kappa shape index (κ3) is 5.89. The summed E-state index contributed by atoms with van der Waals surface area (Å²) >= 11 is 0.